The number of rotatable bonds is 6. The summed E-state index contributed by atoms with van der Waals surface area (Å²) in [4.78, 5) is 32.9. The van der Waals surface area contributed by atoms with E-state index in [0.717, 1.165) is 0 Å². The fourth-order valence-corrected chi connectivity index (χ4v) is 3.00. The maximum Gasteiger partial charge on any atom is 0.407 e. The van der Waals surface area contributed by atoms with Crippen LogP contribution in [0.2, 0.25) is 0 Å². The van der Waals surface area contributed by atoms with Gasteiger partial charge >= 0.3 is 12.0 Å². The number of thiazole rings is 1. The van der Waals surface area contributed by atoms with E-state index in [1.165, 1.54) is 11.3 Å². The zero-order valence-corrected chi connectivity index (χ0v) is 17.6. The molecule has 0 aromatic carbocycles. The zero-order valence-electron chi connectivity index (χ0n) is 16.8. The van der Waals surface area contributed by atoms with Crippen LogP contribution in [0, 0.1) is 6.92 Å². The van der Waals surface area contributed by atoms with Gasteiger partial charge in [0.15, 0.2) is 10.7 Å². The Morgan fingerprint density at radius 3 is 2.82 bits per heavy atom. The molecule has 9 heteroatoms. The van der Waals surface area contributed by atoms with E-state index in [9.17, 15) is 9.59 Å². The minimum atomic E-state index is -0.525. The van der Waals surface area contributed by atoms with Crippen LogP contribution < -0.4 is 10.1 Å². The average molecular weight is 407 g/mol. The van der Waals surface area contributed by atoms with Crippen molar-refractivity contribution in [1.29, 1.82) is 0 Å². The van der Waals surface area contributed by atoms with Crippen molar-refractivity contribution in [2.24, 2.45) is 4.99 Å². The molecule has 0 fully saturated rings. The minimum absolute atomic E-state index is 0.192. The van der Waals surface area contributed by atoms with Gasteiger partial charge in [0.2, 0.25) is 5.76 Å². The van der Waals surface area contributed by atoms with E-state index in [-0.39, 0.29) is 5.76 Å². The van der Waals surface area contributed by atoms with Crippen molar-refractivity contribution < 1.29 is 18.7 Å². The number of hydrogen-bond donors (Lipinski definition) is 1. The number of allylic oxidation sites excluding steroid dienone is 1. The molecule has 0 aliphatic carbocycles. The van der Waals surface area contributed by atoms with E-state index in [4.69, 9.17) is 9.15 Å². The van der Waals surface area contributed by atoms with E-state index >= 15 is 0 Å². The first kappa shape index (κ1) is 21.6. The first-order chi connectivity index (χ1) is 13.2. The topological polar surface area (TPSA) is 98.7 Å². The van der Waals surface area contributed by atoms with Crippen LogP contribution in [0.25, 0.3) is 0 Å². The summed E-state index contributed by atoms with van der Waals surface area (Å²) in [7, 11) is 0. The SMILES string of the molecule is CCc1nc(C)oc1C(=O)/N=c1\sccn1C/C=C/CNC(=O)OC(C)(C)C. The number of nitrogens with one attached hydrogen (secondary N) is 1. The standard InChI is InChI=1S/C19H26N4O4S/c1-6-14-15(26-13(2)21-14)16(24)22-17-23(11-12-28-17)10-8-7-9-20-18(25)27-19(3,4)5/h7-8,11-12H,6,9-10H2,1-5H3,(H,20,25)/b8-7+,22-17-. The molecule has 2 amide bonds. The number of aryl methyl sites for hydroxylation is 2. The molecule has 2 heterocycles. The molecule has 0 aliphatic heterocycles. The Hall–Kier alpha value is -2.68. The molecule has 2 aromatic rings. The summed E-state index contributed by atoms with van der Waals surface area (Å²) >= 11 is 1.36. The van der Waals surface area contributed by atoms with Crippen molar-refractivity contribution in [2.45, 2.75) is 53.2 Å². The Labute approximate surface area is 168 Å². The number of oxazole rings is 1. The van der Waals surface area contributed by atoms with Crippen LogP contribution in [0.5, 0.6) is 0 Å². The summed E-state index contributed by atoms with van der Waals surface area (Å²) in [6, 6.07) is 0. The predicted molar refractivity (Wildman–Crippen MR) is 106 cm³/mol. The summed E-state index contributed by atoms with van der Waals surface area (Å²) < 4.78 is 12.4. The molecule has 0 unspecified atom stereocenters. The zero-order chi connectivity index (χ0) is 20.7. The minimum Gasteiger partial charge on any atom is -0.444 e. The fraction of sp³-hybridized carbons (Fsp3) is 0.474. The van der Waals surface area contributed by atoms with E-state index in [1.807, 2.05) is 56.0 Å². The van der Waals surface area contributed by atoms with Crippen molar-refractivity contribution in [1.82, 2.24) is 14.9 Å². The molecule has 0 saturated carbocycles. The number of amides is 2. The molecule has 152 valence electrons. The van der Waals surface area contributed by atoms with Crippen molar-refractivity contribution in [2.75, 3.05) is 6.54 Å². The Morgan fingerprint density at radius 2 is 2.14 bits per heavy atom. The lowest BCUT2D eigenvalue weighted by Crippen LogP contribution is -2.32. The second kappa shape index (κ2) is 9.50. The van der Waals surface area contributed by atoms with Crippen LogP contribution in [0.3, 0.4) is 0 Å². The van der Waals surface area contributed by atoms with Crippen LogP contribution in [0.4, 0.5) is 4.79 Å². The maximum atomic E-state index is 12.4. The van der Waals surface area contributed by atoms with Gasteiger partial charge in [-0.3, -0.25) is 4.79 Å². The first-order valence-corrected chi connectivity index (χ1v) is 9.88. The largest absolute Gasteiger partial charge is 0.444 e. The van der Waals surface area contributed by atoms with Gasteiger partial charge in [-0.05, 0) is 27.2 Å². The highest BCUT2D eigenvalue weighted by Crippen LogP contribution is 2.12. The molecule has 28 heavy (non-hydrogen) atoms. The number of carbonyl (C=O) groups is 2. The summed E-state index contributed by atoms with van der Waals surface area (Å²) in [6.07, 6.45) is 5.68. The lowest BCUT2D eigenvalue weighted by Gasteiger charge is -2.19. The molecule has 0 saturated heterocycles. The summed E-state index contributed by atoms with van der Waals surface area (Å²) in [5, 5.41) is 4.50. The highest BCUT2D eigenvalue weighted by Gasteiger charge is 2.17. The number of nitrogens with zero attached hydrogens (tertiary/aromatic N) is 3. The van der Waals surface area contributed by atoms with Gasteiger partial charge in [0, 0.05) is 31.6 Å². The molecule has 0 spiro atoms. The number of aromatic nitrogens is 2. The maximum absolute atomic E-state index is 12.4. The van der Waals surface area contributed by atoms with E-state index in [0.29, 0.717) is 35.9 Å². The quantitative estimate of drug-likeness (QED) is 0.743. The van der Waals surface area contributed by atoms with Crippen LogP contribution in [0.1, 0.15) is 49.8 Å². The second-order valence-electron chi connectivity index (χ2n) is 6.97. The molecule has 2 aromatic heterocycles. The Morgan fingerprint density at radius 1 is 1.39 bits per heavy atom. The third kappa shape index (κ3) is 6.49. The Kier molecular flexibility index (Phi) is 7.33. The van der Waals surface area contributed by atoms with E-state index < -0.39 is 17.6 Å². The van der Waals surface area contributed by atoms with Gasteiger partial charge in [-0.2, -0.15) is 4.99 Å². The van der Waals surface area contributed by atoms with Crippen LogP contribution >= 0.6 is 11.3 Å². The van der Waals surface area contributed by atoms with Gasteiger partial charge in [-0.1, -0.05) is 19.1 Å². The Balaban J connectivity index is 1.97. The highest BCUT2D eigenvalue weighted by molar-refractivity contribution is 7.07. The lowest BCUT2D eigenvalue weighted by atomic mass is 10.2. The van der Waals surface area contributed by atoms with Gasteiger partial charge in [0.25, 0.3) is 0 Å². The third-order valence-electron chi connectivity index (χ3n) is 3.42. The Bertz CT molecular complexity index is 915. The van der Waals surface area contributed by atoms with Crippen molar-refractivity contribution in [3.05, 3.63) is 45.9 Å². The molecule has 1 N–H and O–H groups in total. The molecule has 0 atom stereocenters. The molecule has 8 nitrogen and oxygen atoms in total. The van der Waals surface area contributed by atoms with Gasteiger partial charge < -0.3 is 19.0 Å². The molecule has 2 rings (SSSR count). The van der Waals surface area contributed by atoms with E-state index in [1.54, 1.807) is 6.92 Å². The number of hydrogen-bond acceptors (Lipinski definition) is 6. The number of alkyl carbamates (subject to hydrolysis) is 1. The predicted octanol–water partition coefficient (Wildman–Crippen LogP) is 3.23. The van der Waals surface area contributed by atoms with Gasteiger partial charge in [-0.25, -0.2) is 9.78 Å². The van der Waals surface area contributed by atoms with Gasteiger partial charge in [-0.15, -0.1) is 11.3 Å². The van der Waals surface area contributed by atoms with Gasteiger partial charge in [0.05, 0.1) is 5.69 Å². The van der Waals surface area contributed by atoms with E-state index in [2.05, 4.69) is 15.3 Å². The number of carbonyl (C=O) groups excluding carboxylic acids is 2. The monoisotopic (exact) mass is 406 g/mol. The lowest BCUT2D eigenvalue weighted by molar-refractivity contribution is 0.0534. The normalized spacial score (nSPS) is 12.5. The van der Waals surface area contributed by atoms with Crippen LogP contribution in [-0.2, 0) is 17.7 Å². The fourth-order valence-electron chi connectivity index (χ4n) is 2.27. The third-order valence-corrected chi connectivity index (χ3v) is 4.22. The molecule has 0 bridgehead atoms. The van der Waals surface area contributed by atoms with Gasteiger partial charge in [0.1, 0.15) is 5.60 Å². The summed E-state index contributed by atoms with van der Waals surface area (Å²) in [6.45, 7) is 9.92. The highest BCUT2D eigenvalue weighted by atomic mass is 32.1. The first-order valence-electron chi connectivity index (χ1n) is 9.00. The summed E-state index contributed by atoms with van der Waals surface area (Å²) in [5.41, 5.74) is 0.0886. The van der Waals surface area contributed by atoms with Crippen LogP contribution in [-0.4, -0.2) is 33.7 Å². The van der Waals surface area contributed by atoms with Crippen molar-refractivity contribution >= 4 is 23.3 Å². The molecular formula is C19H26N4O4S. The van der Waals surface area contributed by atoms with Crippen molar-refractivity contribution in [3.63, 3.8) is 0 Å². The van der Waals surface area contributed by atoms with Crippen molar-refractivity contribution in [3.8, 4) is 0 Å². The number of ether oxygens (including phenoxy) is 1. The molecule has 0 radical (unpaired) electrons. The second-order valence-corrected chi connectivity index (χ2v) is 7.84. The molecule has 0 aliphatic rings. The van der Waals surface area contributed by atoms with Crippen LogP contribution in [0.15, 0.2) is 33.1 Å². The smallest absolute Gasteiger partial charge is 0.407 e. The average Bonchev–Trinajstić information content (AvgIpc) is 3.19. The molecular weight excluding hydrogens is 380 g/mol. The summed E-state index contributed by atoms with van der Waals surface area (Å²) in [5.74, 6) is 0.205.